The number of pyridine rings is 1. The van der Waals surface area contributed by atoms with Crippen LogP contribution in [-0.4, -0.2) is 4.73 Å². The van der Waals surface area contributed by atoms with Gasteiger partial charge in [-0.05, 0) is 37.3 Å². The summed E-state index contributed by atoms with van der Waals surface area (Å²) in [7, 11) is 0. The molecular formula is C12H10FNO2. The third kappa shape index (κ3) is 2.11. The van der Waals surface area contributed by atoms with Crippen LogP contribution in [0.15, 0.2) is 47.4 Å². The molecular weight excluding hydrogens is 209 g/mol. The molecule has 0 aliphatic carbocycles. The summed E-state index contributed by atoms with van der Waals surface area (Å²) in [5.41, 5.74) is 0.358. The van der Waals surface area contributed by atoms with Crippen molar-refractivity contribution >= 4 is 0 Å². The zero-order chi connectivity index (χ0) is 11.5. The highest BCUT2D eigenvalue weighted by atomic mass is 19.1. The largest absolute Gasteiger partial charge is 0.372 e. The molecule has 0 amide bonds. The van der Waals surface area contributed by atoms with Crippen LogP contribution in [0.3, 0.4) is 0 Å². The van der Waals surface area contributed by atoms with Crippen LogP contribution in [0.25, 0.3) is 0 Å². The zero-order valence-corrected chi connectivity index (χ0v) is 8.68. The molecule has 2 aromatic rings. The molecule has 3 nitrogen and oxygen atoms in total. The van der Waals surface area contributed by atoms with Gasteiger partial charge in [0.2, 0.25) is 0 Å². The Morgan fingerprint density at radius 1 is 1.19 bits per heavy atom. The maximum atomic E-state index is 12.6. The fourth-order valence-corrected chi connectivity index (χ4v) is 1.26. The summed E-state index contributed by atoms with van der Waals surface area (Å²) in [5.74, 6) is 0.0676. The van der Waals surface area contributed by atoms with Crippen molar-refractivity contribution in [1.82, 2.24) is 4.73 Å². The Hall–Kier alpha value is -2.10. The van der Waals surface area contributed by atoms with Crippen molar-refractivity contribution in [3.8, 4) is 5.75 Å². The highest BCUT2D eigenvalue weighted by Gasteiger charge is 2.00. The predicted octanol–water partition coefficient (Wildman–Crippen LogP) is 2.14. The third-order valence-corrected chi connectivity index (χ3v) is 2.12. The minimum atomic E-state index is -0.344. The minimum Gasteiger partial charge on any atom is -0.372 e. The molecule has 0 atom stereocenters. The van der Waals surface area contributed by atoms with Crippen molar-refractivity contribution in [1.29, 1.82) is 0 Å². The molecule has 0 unspecified atom stereocenters. The first kappa shape index (κ1) is 10.4. The van der Waals surface area contributed by atoms with Crippen LogP contribution >= 0.6 is 0 Å². The molecule has 82 valence electrons. The molecule has 1 aromatic heterocycles. The molecule has 0 bridgehead atoms. The fourth-order valence-electron chi connectivity index (χ4n) is 1.26. The second kappa shape index (κ2) is 4.18. The zero-order valence-electron chi connectivity index (χ0n) is 8.68. The van der Waals surface area contributed by atoms with E-state index >= 15 is 0 Å². The fraction of sp³-hybridized carbons (Fsp3) is 0.0833. The van der Waals surface area contributed by atoms with Crippen LogP contribution in [0.2, 0.25) is 0 Å². The molecule has 0 radical (unpaired) electrons. The number of hydrogen-bond acceptors (Lipinski definition) is 2. The van der Waals surface area contributed by atoms with E-state index in [-0.39, 0.29) is 11.4 Å². The van der Waals surface area contributed by atoms with Crippen LogP contribution in [0.4, 0.5) is 4.39 Å². The monoisotopic (exact) mass is 219 g/mol. The summed E-state index contributed by atoms with van der Waals surface area (Å²) in [5, 5.41) is 0. The van der Waals surface area contributed by atoms with Crippen molar-refractivity contribution < 1.29 is 9.23 Å². The maximum Gasteiger partial charge on any atom is 0.286 e. The molecule has 0 aliphatic heterocycles. The topological polar surface area (TPSA) is 31.2 Å². The quantitative estimate of drug-likeness (QED) is 0.774. The third-order valence-electron chi connectivity index (χ3n) is 2.12. The first-order valence-corrected chi connectivity index (χ1v) is 4.79. The van der Waals surface area contributed by atoms with E-state index in [1.54, 1.807) is 19.1 Å². The number of nitrogens with zero attached hydrogens (tertiary/aromatic N) is 1. The van der Waals surface area contributed by atoms with Crippen molar-refractivity contribution in [2.24, 2.45) is 0 Å². The van der Waals surface area contributed by atoms with Gasteiger partial charge >= 0.3 is 0 Å². The molecule has 0 saturated carbocycles. The second-order valence-electron chi connectivity index (χ2n) is 3.37. The van der Waals surface area contributed by atoms with E-state index < -0.39 is 0 Å². The average Bonchev–Trinajstić information content (AvgIpc) is 2.28. The Morgan fingerprint density at radius 2 is 1.88 bits per heavy atom. The van der Waals surface area contributed by atoms with E-state index in [1.165, 1.54) is 30.5 Å². The smallest absolute Gasteiger partial charge is 0.286 e. The van der Waals surface area contributed by atoms with E-state index in [1.807, 2.05) is 0 Å². The molecule has 0 saturated heterocycles. The van der Waals surface area contributed by atoms with Crippen LogP contribution in [0, 0.1) is 12.7 Å². The number of rotatable bonds is 2. The summed E-state index contributed by atoms with van der Waals surface area (Å²) in [6, 6.07) is 8.88. The van der Waals surface area contributed by atoms with E-state index in [9.17, 15) is 9.18 Å². The van der Waals surface area contributed by atoms with Crippen molar-refractivity contribution in [3.05, 3.63) is 64.3 Å². The van der Waals surface area contributed by atoms with Gasteiger partial charge in [-0.15, -0.1) is 4.73 Å². The van der Waals surface area contributed by atoms with E-state index in [0.717, 1.165) is 4.73 Å². The number of aromatic nitrogens is 1. The van der Waals surface area contributed by atoms with Gasteiger partial charge in [0.1, 0.15) is 5.82 Å². The van der Waals surface area contributed by atoms with E-state index in [2.05, 4.69) is 0 Å². The lowest BCUT2D eigenvalue weighted by Gasteiger charge is -2.07. The SMILES string of the molecule is Cc1cccn(Oc2ccc(F)cc2)c1=O. The molecule has 2 rings (SSSR count). The van der Waals surface area contributed by atoms with Gasteiger partial charge in [0.25, 0.3) is 5.56 Å². The molecule has 1 aromatic carbocycles. The summed E-state index contributed by atoms with van der Waals surface area (Å²) in [4.78, 5) is 16.9. The van der Waals surface area contributed by atoms with Crippen LogP contribution in [-0.2, 0) is 0 Å². The number of halogens is 1. The lowest BCUT2D eigenvalue weighted by Crippen LogP contribution is -2.24. The number of hydrogen-bond donors (Lipinski definition) is 0. The van der Waals surface area contributed by atoms with Gasteiger partial charge in [-0.3, -0.25) is 4.79 Å². The molecule has 0 N–H and O–H groups in total. The molecule has 0 aliphatic rings. The van der Waals surface area contributed by atoms with Gasteiger partial charge < -0.3 is 4.84 Å². The van der Waals surface area contributed by atoms with Gasteiger partial charge in [-0.2, -0.15) is 0 Å². The molecule has 16 heavy (non-hydrogen) atoms. The molecule has 0 fully saturated rings. The van der Waals surface area contributed by atoms with Gasteiger partial charge in [0.15, 0.2) is 5.75 Å². The minimum absolute atomic E-state index is 0.230. The first-order chi connectivity index (χ1) is 7.66. The van der Waals surface area contributed by atoms with E-state index in [4.69, 9.17) is 4.84 Å². The Labute approximate surface area is 91.7 Å². The van der Waals surface area contributed by atoms with Crippen molar-refractivity contribution in [2.45, 2.75) is 6.92 Å². The highest BCUT2D eigenvalue weighted by molar-refractivity contribution is 5.22. The van der Waals surface area contributed by atoms with Crippen LogP contribution < -0.4 is 10.4 Å². The van der Waals surface area contributed by atoms with Crippen molar-refractivity contribution in [2.75, 3.05) is 0 Å². The van der Waals surface area contributed by atoms with Gasteiger partial charge in [-0.1, -0.05) is 6.07 Å². The summed E-state index contributed by atoms with van der Waals surface area (Å²) < 4.78 is 13.8. The van der Waals surface area contributed by atoms with Crippen molar-refractivity contribution in [3.63, 3.8) is 0 Å². The Morgan fingerprint density at radius 3 is 2.56 bits per heavy atom. The lowest BCUT2D eigenvalue weighted by molar-refractivity contribution is 0.203. The standard InChI is InChI=1S/C12H10FNO2/c1-9-3-2-8-14(12(9)15)16-11-6-4-10(13)5-7-11/h2-8H,1H3. The number of benzene rings is 1. The summed E-state index contributed by atoms with van der Waals surface area (Å²) >= 11 is 0. The number of aryl methyl sites for hydroxylation is 1. The Kier molecular flexibility index (Phi) is 2.72. The van der Waals surface area contributed by atoms with E-state index in [0.29, 0.717) is 11.3 Å². The lowest BCUT2D eigenvalue weighted by atomic mass is 10.3. The Balaban J connectivity index is 2.31. The van der Waals surface area contributed by atoms with Gasteiger partial charge in [0, 0.05) is 11.8 Å². The highest BCUT2D eigenvalue weighted by Crippen LogP contribution is 2.10. The van der Waals surface area contributed by atoms with Gasteiger partial charge in [-0.25, -0.2) is 4.39 Å². The normalized spacial score (nSPS) is 10.1. The Bertz CT molecular complexity index is 546. The van der Waals surface area contributed by atoms with Crippen LogP contribution in [0.5, 0.6) is 5.75 Å². The van der Waals surface area contributed by atoms with Crippen LogP contribution in [0.1, 0.15) is 5.56 Å². The van der Waals surface area contributed by atoms with Gasteiger partial charge in [0.05, 0.1) is 0 Å². The summed E-state index contributed by atoms with van der Waals surface area (Å²) in [6.07, 6.45) is 1.51. The first-order valence-electron chi connectivity index (χ1n) is 4.79. The molecule has 0 spiro atoms. The molecule has 1 heterocycles. The molecule has 4 heteroatoms. The second-order valence-corrected chi connectivity index (χ2v) is 3.37. The summed E-state index contributed by atoms with van der Waals surface area (Å²) in [6.45, 7) is 1.70. The predicted molar refractivity (Wildman–Crippen MR) is 57.9 cm³/mol. The maximum absolute atomic E-state index is 12.6. The average molecular weight is 219 g/mol.